The van der Waals surface area contributed by atoms with Crippen LogP contribution in [0.3, 0.4) is 0 Å². The Bertz CT molecular complexity index is 540. The zero-order valence-electron chi connectivity index (χ0n) is 12.4. The molecule has 0 aliphatic carbocycles. The highest BCUT2D eigenvalue weighted by Gasteiger charge is 2.04. The summed E-state index contributed by atoms with van der Waals surface area (Å²) < 4.78 is 0. The van der Waals surface area contributed by atoms with Crippen LogP contribution in [0.2, 0.25) is 0 Å². The van der Waals surface area contributed by atoms with E-state index in [1.165, 1.54) is 11.1 Å². The minimum Gasteiger partial charge on any atom is -0.360 e. The number of thiocarbonyl (C=S) groups is 1. The Morgan fingerprint density at radius 3 is 2.14 bits per heavy atom. The number of hydrogen-bond donors (Lipinski definition) is 2. The molecule has 0 aliphatic heterocycles. The molecule has 3 heteroatoms. The largest absolute Gasteiger partial charge is 0.360 e. The standard InChI is InChI=1S/C18H22N2S/c1-15(12-13-16-8-4-2-5-9-16)20-18(21)19-14-17-10-6-3-7-11-17/h2-11,15H,12-14H2,1H3,(H2,19,20,21). The molecule has 2 nitrogen and oxygen atoms in total. The summed E-state index contributed by atoms with van der Waals surface area (Å²) in [4.78, 5) is 0. The normalized spacial score (nSPS) is 11.7. The molecule has 0 amide bonds. The molecule has 0 aliphatic rings. The van der Waals surface area contributed by atoms with Crippen LogP contribution in [0.25, 0.3) is 0 Å². The zero-order chi connectivity index (χ0) is 14.9. The molecule has 1 unspecified atom stereocenters. The van der Waals surface area contributed by atoms with Crippen molar-refractivity contribution in [2.45, 2.75) is 32.4 Å². The maximum Gasteiger partial charge on any atom is 0.166 e. The molecule has 0 spiro atoms. The highest BCUT2D eigenvalue weighted by atomic mass is 32.1. The Labute approximate surface area is 132 Å². The van der Waals surface area contributed by atoms with Gasteiger partial charge in [-0.2, -0.15) is 0 Å². The third-order valence-electron chi connectivity index (χ3n) is 3.38. The molecule has 0 saturated heterocycles. The van der Waals surface area contributed by atoms with Crippen LogP contribution < -0.4 is 10.6 Å². The minimum absolute atomic E-state index is 0.362. The van der Waals surface area contributed by atoms with Gasteiger partial charge in [-0.1, -0.05) is 60.7 Å². The van der Waals surface area contributed by atoms with Crippen LogP contribution >= 0.6 is 12.2 Å². The van der Waals surface area contributed by atoms with E-state index in [1.54, 1.807) is 0 Å². The monoisotopic (exact) mass is 298 g/mol. The average molecular weight is 298 g/mol. The molecular weight excluding hydrogens is 276 g/mol. The van der Waals surface area contributed by atoms with E-state index >= 15 is 0 Å². The molecule has 2 N–H and O–H groups in total. The first-order valence-corrected chi connectivity index (χ1v) is 7.77. The Morgan fingerprint density at radius 1 is 0.952 bits per heavy atom. The smallest absolute Gasteiger partial charge is 0.166 e. The predicted molar refractivity (Wildman–Crippen MR) is 93.2 cm³/mol. The van der Waals surface area contributed by atoms with Crippen LogP contribution in [0, 0.1) is 0 Å². The number of hydrogen-bond acceptors (Lipinski definition) is 1. The zero-order valence-corrected chi connectivity index (χ0v) is 13.2. The fourth-order valence-corrected chi connectivity index (χ4v) is 2.43. The van der Waals surface area contributed by atoms with Crippen molar-refractivity contribution in [3.63, 3.8) is 0 Å². The first-order valence-electron chi connectivity index (χ1n) is 7.36. The van der Waals surface area contributed by atoms with Crippen LogP contribution in [-0.2, 0) is 13.0 Å². The van der Waals surface area contributed by atoms with Crippen LogP contribution in [0.4, 0.5) is 0 Å². The summed E-state index contributed by atoms with van der Waals surface area (Å²) in [5.74, 6) is 0. The second kappa shape index (κ2) is 8.42. The van der Waals surface area contributed by atoms with E-state index in [4.69, 9.17) is 12.2 Å². The quantitative estimate of drug-likeness (QED) is 0.796. The maximum atomic E-state index is 5.34. The van der Waals surface area contributed by atoms with Gasteiger partial charge in [-0.3, -0.25) is 0 Å². The Balaban J connectivity index is 1.67. The average Bonchev–Trinajstić information content (AvgIpc) is 2.53. The number of nitrogens with one attached hydrogen (secondary N) is 2. The van der Waals surface area contributed by atoms with Crippen molar-refractivity contribution in [2.75, 3.05) is 0 Å². The molecule has 2 aromatic carbocycles. The van der Waals surface area contributed by atoms with Gasteiger partial charge < -0.3 is 10.6 Å². The van der Waals surface area contributed by atoms with Gasteiger partial charge in [0.05, 0.1) is 0 Å². The van der Waals surface area contributed by atoms with Crippen molar-refractivity contribution < 1.29 is 0 Å². The van der Waals surface area contributed by atoms with Gasteiger partial charge in [-0.05, 0) is 43.1 Å². The first-order chi connectivity index (χ1) is 10.2. The summed E-state index contributed by atoms with van der Waals surface area (Å²) in [7, 11) is 0. The van der Waals surface area contributed by atoms with Gasteiger partial charge in [-0.25, -0.2) is 0 Å². The number of rotatable bonds is 6. The van der Waals surface area contributed by atoms with E-state index in [2.05, 4.69) is 54.0 Å². The fraction of sp³-hybridized carbons (Fsp3) is 0.278. The van der Waals surface area contributed by atoms with Gasteiger partial charge in [0.15, 0.2) is 5.11 Å². The molecule has 0 aromatic heterocycles. The summed E-state index contributed by atoms with van der Waals surface area (Å²) in [6.07, 6.45) is 2.13. The lowest BCUT2D eigenvalue weighted by Gasteiger charge is -2.17. The van der Waals surface area contributed by atoms with E-state index in [0.717, 1.165) is 24.5 Å². The molecular formula is C18H22N2S. The molecule has 0 fully saturated rings. The first kappa shape index (κ1) is 15.5. The SMILES string of the molecule is CC(CCc1ccccc1)NC(=S)NCc1ccccc1. The summed E-state index contributed by atoms with van der Waals surface area (Å²) in [6, 6.07) is 21.2. The predicted octanol–water partition coefficient (Wildman–Crippen LogP) is 3.67. The second-order valence-corrected chi connectivity index (χ2v) is 5.65. The van der Waals surface area contributed by atoms with E-state index in [-0.39, 0.29) is 0 Å². The highest BCUT2D eigenvalue weighted by molar-refractivity contribution is 7.80. The Hall–Kier alpha value is -1.87. The summed E-state index contributed by atoms with van der Waals surface area (Å²) in [5.41, 5.74) is 2.60. The number of aryl methyl sites for hydroxylation is 1. The Kier molecular flexibility index (Phi) is 6.22. The van der Waals surface area contributed by atoms with Crippen molar-refractivity contribution in [2.24, 2.45) is 0 Å². The lowest BCUT2D eigenvalue weighted by Crippen LogP contribution is -2.40. The second-order valence-electron chi connectivity index (χ2n) is 5.24. The maximum absolute atomic E-state index is 5.34. The Morgan fingerprint density at radius 2 is 1.52 bits per heavy atom. The van der Waals surface area contributed by atoms with Crippen molar-refractivity contribution in [1.29, 1.82) is 0 Å². The van der Waals surface area contributed by atoms with E-state index in [1.807, 2.05) is 24.3 Å². The van der Waals surface area contributed by atoms with Gasteiger partial charge in [0.2, 0.25) is 0 Å². The third-order valence-corrected chi connectivity index (χ3v) is 3.64. The summed E-state index contributed by atoms with van der Waals surface area (Å²) >= 11 is 5.34. The molecule has 0 bridgehead atoms. The van der Waals surface area contributed by atoms with Crippen LogP contribution in [0.15, 0.2) is 60.7 Å². The minimum atomic E-state index is 0.362. The molecule has 21 heavy (non-hydrogen) atoms. The molecule has 0 saturated carbocycles. The highest BCUT2D eigenvalue weighted by Crippen LogP contribution is 2.04. The molecule has 2 rings (SSSR count). The van der Waals surface area contributed by atoms with Gasteiger partial charge in [0.25, 0.3) is 0 Å². The summed E-state index contributed by atoms with van der Waals surface area (Å²) in [6.45, 7) is 2.93. The molecule has 0 radical (unpaired) electrons. The van der Waals surface area contributed by atoms with Crippen LogP contribution in [0.5, 0.6) is 0 Å². The molecule has 2 aromatic rings. The van der Waals surface area contributed by atoms with E-state index in [9.17, 15) is 0 Å². The van der Waals surface area contributed by atoms with Crippen LogP contribution in [0.1, 0.15) is 24.5 Å². The van der Waals surface area contributed by atoms with Crippen molar-refractivity contribution in [3.8, 4) is 0 Å². The third kappa shape index (κ3) is 5.96. The van der Waals surface area contributed by atoms with Gasteiger partial charge in [0, 0.05) is 12.6 Å². The fourth-order valence-electron chi connectivity index (χ4n) is 2.15. The van der Waals surface area contributed by atoms with Crippen LogP contribution in [-0.4, -0.2) is 11.2 Å². The molecule has 110 valence electrons. The van der Waals surface area contributed by atoms with Gasteiger partial charge in [-0.15, -0.1) is 0 Å². The lowest BCUT2D eigenvalue weighted by molar-refractivity contribution is 0.599. The van der Waals surface area contributed by atoms with Crippen molar-refractivity contribution in [3.05, 3.63) is 71.8 Å². The van der Waals surface area contributed by atoms with E-state index < -0.39 is 0 Å². The summed E-state index contributed by atoms with van der Waals surface area (Å²) in [5, 5.41) is 7.31. The molecule has 0 heterocycles. The topological polar surface area (TPSA) is 24.1 Å². The van der Waals surface area contributed by atoms with Gasteiger partial charge >= 0.3 is 0 Å². The van der Waals surface area contributed by atoms with Crippen molar-refractivity contribution in [1.82, 2.24) is 10.6 Å². The van der Waals surface area contributed by atoms with Crippen molar-refractivity contribution >= 4 is 17.3 Å². The van der Waals surface area contributed by atoms with Gasteiger partial charge in [0.1, 0.15) is 0 Å². The van der Waals surface area contributed by atoms with E-state index in [0.29, 0.717) is 6.04 Å². The lowest BCUT2D eigenvalue weighted by atomic mass is 10.1. The number of benzene rings is 2. The molecule has 1 atom stereocenters.